The van der Waals surface area contributed by atoms with Crippen LogP contribution in [-0.2, 0) is 0 Å². The third-order valence-corrected chi connectivity index (χ3v) is 5.08. The van der Waals surface area contributed by atoms with E-state index in [1.54, 1.807) is 6.07 Å². The highest BCUT2D eigenvalue weighted by molar-refractivity contribution is 7.80. The minimum Gasteiger partial charge on any atom is -0.486 e. The van der Waals surface area contributed by atoms with Gasteiger partial charge in [-0.2, -0.15) is 12.6 Å². The van der Waals surface area contributed by atoms with Crippen molar-refractivity contribution in [3.05, 3.63) is 33.9 Å². The summed E-state index contributed by atoms with van der Waals surface area (Å²) in [7, 11) is 0. The Morgan fingerprint density at radius 3 is 2.52 bits per heavy atom. The number of nitro benzene ring substituents is 1. The van der Waals surface area contributed by atoms with Crippen molar-refractivity contribution in [1.29, 1.82) is 0 Å². The Morgan fingerprint density at radius 2 is 1.95 bits per heavy atom. The van der Waals surface area contributed by atoms with Crippen molar-refractivity contribution in [2.24, 2.45) is 5.41 Å². The molecule has 1 aromatic rings. The number of benzene rings is 1. The summed E-state index contributed by atoms with van der Waals surface area (Å²) in [5.74, 6) is 1.18. The summed E-state index contributed by atoms with van der Waals surface area (Å²) < 4.78 is 5.93. The van der Waals surface area contributed by atoms with Gasteiger partial charge >= 0.3 is 5.69 Å². The molecule has 0 heterocycles. The number of hydrogen-bond acceptors (Lipinski definition) is 4. The highest BCUT2D eigenvalue weighted by Gasteiger charge is 2.31. The molecule has 0 spiro atoms. The first-order valence-corrected chi connectivity index (χ1v) is 8.19. The first-order valence-electron chi connectivity index (χ1n) is 7.56. The van der Waals surface area contributed by atoms with Crippen LogP contribution in [0.3, 0.4) is 0 Å². The normalized spacial score (nSPS) is 18.0. The van der Waals surface area contributed by atoms with E-state index in [4.69, 9.17) is 4.74 Å². The van der Waals surface area contributed by atoms with E-state index >= 15 is 0 Å². The van der Waals surface area contributed by atoms with Gasteiger partial charge < -0.3 is 4.74 Å². The van der Waals surface area contributed by atoms with Gasteiger partial charge in [0.25, 0.3) is 0 Å². The summed E-state index contributed by atoms with van der Waals surface area (Å²) in [5, 5.41) is 11.1. The summed E-state index contributed by atoms with van der Waals surface area (Å²) >= 11 is 4.52. The maximum absolute atomic E-state index is 11.1. The zero-order chi connectivity index (χ0) is 15.3. The van der Waals surface area contributed by atoms with Gasteiger partial charge in [-0.25, -0.2) is 0 Å². The van der Waals surface area contributed by atoms with Crippen molar-refractivity contribution in [1.82, 2.24) is 0 Å². The van der Waals surface area contributed by atoms with Gasteiger partial charge in [-0.1, -0.05) is 37.8 Å². The van der Waals surface area contributed by atoms with Gasteiger partial charge in [-0.15, -0.1) is 0 Å². The Balaban J connectivity index is 2.16. The highest BCUT2D eigenvalue weighted by Crippen LogP contribution is 2.38. The summed E-state index contributed by atoms with van der Waals surface area (Å²) in [6.45, 7) is 2.37. The number of nitrogens with zero attached hydrogens (tertiary/aromatic N) is 1. The molecule has 1 aliphatic rings. The standard InChI is InChI=1S/C16H23NO3S/c1-13-7-6-8-14(17(18)19)15(13)20-11-16(12-21)9-4-2-3-5-10-16/h6-8,21H,2-5,9-12H2,1H3. The Hall–Kier alpha value is -1.23. The summed E-state index contributed by atoms with van der Waals surface area (Å²) in [6, 6.07) is 5.05. The molecule has 21 heavy (non-hydrogen) atoms. The molecule has 0 atom stereocenters. The van der Waals surface area contributed by atoms with Gasteiger partial charge in [0.05, 0.1) is 11.5 Å². The second-order valence-electron chi connectivity index (χ2n) is 6.04. The molecule has 116 valence electrons. The van der Waals surface area contributed by atoms with Crippen molar-refractivity contribution < 1.29 is 9.66 Å². The number of rotatable bonds is 5. The molecule has 5 heteroatoms. The molecule has 0 aromatic heterocycles. The van der Waals surface area contributed by atoms with Crippen LogP contribution in [0.25, 0.3) is 0 Å². The molecular weight excluding hydrogens is 286 g/mol. The number of hydrogen-bond donors (Lipinski definition) is 1. The number of thiol groups is 1. The van der Waals surface area contributed by atoms with Crippen molar-refractivity contribution in [3.8, 4) is 5.75 Å². The molecule has 0 radical (unpaired) electrons. The molecule has 2 rings (SSSR count). The lowest BCUT2D eigenvalue weighted by Crippen LogP contribution is -2.30. The van der Waals surface area contributed by atoms with Crippen molar-refractivity contribution in [3.63, 3.8) is 0 Å². The van der Waals surface area contributed by atoms with Gasteiger partial charge in [0.15, 0.2) is 5.75 Å². The van der Waals surface area contributed by atoms with E-state index in [2.05, 4.69) is 12.6 Å². The fourth-order valence-electron chi connectivity index (χ4n) is 3.02. The maximum Gasteiger partial charge on any atom is 0.311 e. The fraction of sp³-hybridized carbons (Fsp3) is 0.625. The predicted octanol–water partition coefficient (Wildman–Crippen LogP) is 4.55. The minimum absolute atomic E-state index is 0.0514. The molecule has 1 saturated carbocycles. The van der Waals surface area contributed by atoms with E-state index in [1.807, 2.05) is 13.0 Å². The fourth-order valence-corrected chi connectivity index (χ4v) is 3.43. The van der Waals surface area contributed by atoms with Crippen LogP contribution in [0, 0.1) is 22.5 Å². The SMILES string of the molecule is Cc1cccc([N+](=O)[O-])c1OCC1(CS)CCCCCC1. The molecule has 0 bridgehead atoms. The number of para-hydroxylation sites is 1. The van der Waals surface area contributed by atoms with E-state index in [-0.39, 0.29) is 16.0 Å². The first kappa shape index (κ1) is 16.1. The summed E-state index contributed by atoms with van der Waals surface area (Å²) in [5.41, 5.74) is 0.917. The van der Waals surface area contributed by atoms with Crippen LogP contribution in [0.2, 0.25) is 0 Å². The summed E-state index contributed by atoms with van der Waals surface area (Å²) in [4.78, 5) is 10.8. The third kappa shape index (κ3) is 3.90. The van der Waals surface area contributed by atoms with Gasteiger partial charge in [-0.05, 0) is 31.1 Å². The van der Waals surface area contributed by atoms with Crippen LogP contribution in [0.15, 0.2) is 18.2 Å². The Bertz CT molecular complexity index is 496. The lowest BCUT2D eigenvalue weighted by molar-refractivity contribution is -0.386. The lowest BCUT2D eigenvalue weighted by atomic mass is 9.83. The van der Waals surface area contributed by atoms with Crippen molar-refractivity contribution in [2.45, 2.75) is 45.4 Å². The van der Waals surface area contributed by atoms with Crippen molar-refractivity contribution >= 4 is 18.3 Å². The number of ether oxygens (including phenoxy) is 1. The average Bonchev–Trinajstić information content (AvgIpc) is 2.72. The van der Waals surface area contributed by atoms with Gasteiger partial charge in [0, 0.05) is 11.5 Å². The molecule has 0 saturated heterocycles. The zero-order valence-electron chi connectivity index (χ0n) is 12.5. The first-order chi connectivity index (χ1) is 10.1. The summed E-state index contributed by atoms with van der Waals surface area (Å²) in [6.07, 6.45) is 7.10. The molecule has 1 aliphatic carbocycles. The van der Waals surface area contributed by atoms with Gasteiger partial charge in [0.1, 0.15) is 0 Å². The number of aryl methyl sites for hydroxylation is 1. The maximum atomic E-state index is 11.1. The Kier molecular flexibility index (Phi) is 5.51. The van der Waals surface area contributed by atoms with Crippen LogP contribution in [-0.4, -0.2) is 17.3 Å². The quantitative estimate of drug-likeness (QED) is 0.376. The molecule has 0 amide bonds. The van der Waals surface area contributed by atoms with Crippen LogP contribution in [0.1, 0.15) is 44.1 Å². The van der Waals surface area contributed by atoms with Gasteiger partial charge in [-0.3, -0.25) is 10.1 Å². The predicted molar refractivity (Wildman–Crippen MR) is 87.3 cm³/mol. The highest BCUT2D eigenvalue weighted by atomic mass is 32.1. The Morgan fingerprint density at radius 1 is 1.29 bits per heavy atom. The monoisotopic (exact) mass is 309 g/mol. The third-order valence-electron chi connectivity index (χ3n) is 4.41. The lowest BCUT2D eigenvalue weighted by Gasteiger charge is -2.31. The molecule has 0 unspecified atom stereocenters. The smallest absolute Gasteiger partial charge is 0.311 e. The molecular formula is C16H23NO3S. The average molecular weight is 309 g/mol. The van der Waals surface area contributed by atoms with Crippen LogP contribution >= 0.6 is 12.6 Å². The molecule has 1 aromatic carbocycles. The van der Waals surface area contributed by atoms with Crippen LogP contribution in [0.4, 0.5) is 5.69 Å². The van der Waals surface area contributed by atoms with E-state index in [9.17, 15) is 10.1 Å². The topological polar surface area (TPSA) is 52.4 Å². The second-order valence-corrected chi connectivity index (χ2v) is 6.36. The molecule has 1 fully saturated rings. The van der Waals surface area contributed by atoms with E-state index in [0.717, 1.165) is 24.2 Å². The molecule has 0 aliphatic heterocycles. The number of nitro groups is 1. The van der Waals surface area contributed by atoms with E-state index in [0.29, 0.717) is 12.4 Å². The van der Waals surface area contributed by atoms with Crippen LogP contribution in [0.5, 0.6) is 5.75 Å². The van der Waals surface area contributed by atoms with Crippen LogP contribution < -0.4 is 4.74 Å². The molecule has 0 N–H and O–H groups in total. The largest absolute Gasteiger partial charge is 0.486 e. The van der Waals surface area contributed by atoms with E-state index in [1.165, 1.54) is 31.7 Å². The van der Waals surface area contributed by atoms with Crippen molar-refractivity contribution in [2.75, 3.05) is 12.4 Å². The minimum atomic E-state index is -0.372. The molecule has 4 nitrogen and oxygen atoms in total. The van der Waals surface area contributed by atoms with Gasteiger partial charge in [0.2, 0.25) is 0 Å². The van der Waals surface area contributed by atoms with E-state index < -0.39 is 0 Å². The Labute approximate surface area is 131 Å². The second kappa shape index (κ2) is 7.16. The zero-order valence-corrected chi connectivity index (χ0v) is 13.4.